The molecule has 0 heterocycles. The average Bonchev–Trinajstić information content (AvgIpc) is 2.87. The fraction of sp³-hybridized carbons (Fsp3) is 0.625. The molecule has 1 aromatic rings. The molecular weight excluding hydrogens is 292 g/mol. The van der Waals surface area contributed by atoms with Crippen LogP contribution < -0.4 is 5.32 Å². The van der Waals surface area contributed by atoms with Crippen LogP contribution in [0.4, 0.5) is 8.78 Å². The molecule has 118 valence electrons. The fourth-order valence-corrected chi connectivity index (χ4v) is 4.29. The molecule has 2 nitrogen and oxygen atoms in total. The van der Waals surface area contributed by atoms with E-state index >= 15 is 0 Å². The van der Waals surface area contributed by atoms with Gasteiger partial charge in [0.1, 0.15) is 0 Å². The van der Waals surface area contributed by atoms with Crippen LogP contribution in [-0.2, 0) is 0 Å². The van der Waals surface area contributed by atoms with Crippen LogP contribution in [0.3, 0.4) is 0 Å². The molecule has 2 rings (SSSR count). The van der Waals surface area contributed by atoms with E-state index in [4.69, 9.17) is 0 Å². The Morgan fingerprint density at radius 3 is 2.86 bits per heavy atom. The Kier molecular flexibility index (Phi) is 6.02. The van der Waals surface area contributed by atoms with Crippen LogP contribution in [0, 0.1) is 17.6 Å². The minimum Gasteiger partial charge on any atom is -0.394 e. The van der Waals surface area contributed by atoms with Crippen molar-refractivity contribution in [2.45, 2.75) is 43.0 Å². The molecule has 1 aliphatic carbocycles. The highest BCUT2D eigenvalue weighted by Crippen LogP contribution is 2.38. The molecule has 1 aliphatic rings. The third-order valence-electron chi connectivity index (χ3n) is 4.39. The Labute approximate surface area is 129 Å². The van der Waals surface area contributed by atoms with Crippen molar-refractivity contribution in [3.05, 3.63) is 29.8 Å². The predicted octanol–water partition coefficient (Wildman–Crippen LogP) is 3.59. The second-order valence-electron chi connectivity index (χ2n) is 5.65. The summed E-state index contributed by atoms with van der Waals surface area (Å²) in [5, 5.41) is 13.2. The third kappa shape index (κ3) is 3.96. The molecule has 1 aromatic carbocycles. The van der Waals surface area contributed by atoms with E-state index < -0.39 is 11.6 Å². The predicted molar refractivity (Wildman–Crippen MR) is 82.5 cm³/mol. The molecule has 2 unspecified atom stereocenters. The molecule has 1 saturated carbocycles. The lowest BCUT2D eigenvalue weighted by Gasteiger charge is -2.35. The summed E-state index contributed by atoms with van der Waals surface area (Å²) in [7, 11) is 0. The van der Waals surface area contributed by atoms with Crippen molar-refractivity contribution >= 4 is 11.8 Å². The van der Waals surface area contributed by atoms with Gasteiger partial charge in [-0.05, 0) is 55.7 Å². The monoisotopic (exact) mass is 315 g/mol. The van der Waals surface area contributed by atoms with Gasteiger partial charge in [-0.15, -0.1) is 11.8 Å². The van der Waals surface area contributed by atoms with E-state index in [1.165, 1.54) is 12.1 Å². The number of thioether (sulfide) groups is 1. The minimum absolute atomic E-state index is 0.149. The van der Waals surface area contributed by atoms with Gasteiger partial charge < -0.3 is 10.4 Å². The van der Waals surface area contributed by atoms with E-state index in [-0.39, 0.29) is 12.1 Å². The minimum atomic E-state index is -0.804. The maximum atomic E-state index is 13.2. The average molecular weight is 315 g/mol. The fourth-order valence-electron chi connectivity index (χ4n) is 3.30. The molecule has 0 saturated heterocycles. The van der Waals surface area contributed by atoms with Crippen molar-refractivity contribution in [3.63, 3.8) is 0 Å². The van der Waals surface area contributed by atoms with E-state index in [0.717, 1.165) is 42.9 Å². The van der Waals surface area contributed by atoms with Crippen molar-refractivity contribution < 1.29 is 13.9 Å². The van der Waals surface area contributed by atoms with Crippen molar-refractivity contribution in [3.8, 4) is 0 Å². The Balaban J connectivity index is 1.88. The molecular formula is C16H23F2NOS. The molecule has 0 bridgehead atoms. The van der Waals surface area contributed by atoms with Crippen molar-refractivity contribution in [1.29, 1.82) is 0 Å². The highest BCUT2D eigenvalue weighted by molar-refractivity contribution is 7.99. The zero-order chi connectivity index (χ0) is 15.3. The molecule has 0 aromatic heterocycles. The van der Waals surface area contributed by atoms with Gasteiger partial charge in [-0.3, -0.25) is 0 Å². The molecule has 2 N–H and O–H groups in total. The van der Waals surface area contributed by atoms with Gasteiger partial charge in [0.25, 0.3) is 0 Å². The van der Waals surface area contributed by atoms with Crippen LogP contribution in [0.15, 0.2) is 23.1 Å². The summed E-state index contributed by atoms with van der Waals surface area (Å²) in [5.41, 5.74) is -0.149. The zero-order valence-electron chi connectivity index (χ0n) is 12.4. The third-order valence-corrected chi connectivity index (χ3v) is 5.42. The summed E-state index contributed by atoms with van der Waals surface area (Å²) < 4.78 is 26.0. The summed E-state index contributed by atoms with van der Waals surface area (Å²) in [6, 6.07) is 4.03. The van der Waals surface area contributed by atoms with Crippen LogP contribution in [-0.4, -0.2) is 29.5 Å². The Morgan fingerprint density at radius 1 is 1.38 bits per heavy atom. The number of likely N-dealkylation sites (N-methyl/N-ethyl adjacent to an activating group) is 1. The first kappa shape index (κ1) is 16.7. The molecule has 2 atom stereocenters. The zero-order valence-corrected chi connectivity index (χ0v) is 13.2. The first-order chi connectivity index (χ1) is 10.1. The van der Waals surface area contributed by atoms with Crippen LogP contribution in [0.5, 0.6) is 0 Å². The highest BCUT2D eigenvalue weighted by atomic mass is 32.2. The first-order valence-corrected chi connectivity index (χ1v) is 8.53. The number of benzene rings is 1. The molecule has 0 aliphatic heterocycles. The number of aliphatic hydroxyl groups excluding tert-OH is 1. The van der Waals surface area contributed by atoms with Gasteiger partial charge in [-0.1, -0.05) is 13.3 Å². The number of aliphatic hydroxyl groups is 1. The summed E-state index contributed by atoms with van der Waals surface area (Å²) >= 11 is 1.54. The topological polar surface area (TPSA) is 32.3 Å². The molecule has 0 spiro atoms. The van der Waals surface area contributed by atoms with E-state index in [1.54, 1.807) is 17.8 Å². The number of rotatable bonds is 7. The number of hydrogen-bond acceptors (Lipinski definition) is 3. The van der Waals surface area contributed by atoms with Gasteiger partial charge in [0.05, 0.1) is 6.61 Å². The van der Waals surface area contributed by atoms with E-state index in [9.17, 15) is 13.9 Å². The molecule has 1 fully saturated rings. The van der Waals surface area contributed by atoms with Gasteiger partial charge in [-0.2, -0.15) is 0 Å². The van der Waals surface area contributed by atoms with Gasteiger partial charge >= 0.3 is 0 Å². The smallest absolute Gasteiger partial charge is 0.159 e. The van der Waals surface area contributed by atoms with Gasteiger partial charge in [0.2, 0.25) is 0 Å². The molecule has 5 heteroatoms. The van der Waals surface area contributed by atoms with Crippen LogP contribution in [0.2, 0.25) is 0 Å². The first-order valence-electron chi connectivity index (χ1n) is 7.55. The van der Waals surface area contributed by atoms with Crippen LogP contribution >= 0.6 is 11.8 Å². The second kappa shape index (κ2) is 7.56. The number of halogens is 2. The molecule has 0 amide bonds. The van der Waals surface area contributed by atoms with Crippen LogP contribution in [0.1, 0.15) is 32.6 Å². The lowest BCUT2D eigenvalue weighted by atomic mass is 9.86. The van der Waals surface area contributed by atoms with Crippen LogP contribution in [0.25, 0.3) is 0 Å². The summed E-state index contributed by atoms with van der Waals surface area (Å²) in [6.07, 6.45) is 4.23. The summed E-state index contributed by atoms with van der Waals surface area (Å²) in [6.45, 7) is 3.08. The summed E-state index contributed by atoms with van der Waals surface area (Å²) in [4.78, 5) is 0.755. The number of hydrogen-bond donors (Lipinski definition) is 2. The Bertz CT molecular complexity index is 472. The van der Waals surface area contributed by atoms with Gasteiger partial charge in [-0.25, -0.2) is 8.78 Å². The van der Waals surface area contributed by atoms with E-state index in [1.807, 2.05) is 0 Å². The SMILES string of the molecule is CCNC1(CO)CCCC1CCSc1ccc(F)c(F)c1. The standard InChI is InChI=1S/C16H23F2NOS/c1-2-19-16(11-20)8-3-4-12(16)7-9-21-13-5-6-14(17)15(18)10-13/h5-6,10,12,19-20H,2-4,7-9,11H2,1H3. The van der Waals surface area contributed by atoms with E-state index in [2.05, 4.69) is 12.2 Å². The van der Waals surface area contributed by atoms with Crippen molar-refractivity contribution in [1.82, 2.24) is 5.32 Å². The normalized spacial score (nSPS) is 25.4. The lowest BCUT2D eigenvalue weighted by molar-refractivity contribution is 0.124. The molecule has 0 radical (unpaired) electrons. The quantitative estimate of drug-likeness (QED) is 0.754. The number of nitrogens with one attached hydrogen (secondary N) is 1. The Morgan fingerprint density at radius 2 is 2.19 bits per heavy atom. The largest absolute Gasteiger partial charge is 0.394 e. The van der Waals surface area contributed by atoms with Crippen molar-refractivity contribution in [2.75, 3.05) is 18.9 Å². The second-order valence-corrected chi connectivity index (χ2v) is 6.82. The van der Waals surface area contributed by atoms with Crippen molar-refractivity contribution in [2.24, 2.45) is 5.92 Å². The highest BCUT2D eigenvalue weighted by Gasteiger charge is 2.41. The van der Waals surface area contributed by atoms with Gasteiger partial charge in [0.15, 0.2) is 11.6 Å². The maximum Gasteiger partial charge on any atom is 0.159 e. The maximum absolute atomic E-state index is 13.2. The Hall–Kier alpha value is -0.650. The lowest BCUT2D eigenvalue weighted by Crippen LogP contribution is -2.51. The van der Waals surface area contributed by atoms with Gasteiger partial charge in [0, 0.05) is 10.4 Å². The summed E-state index contributed by atoms with van der Waals surface area (Å²) in [5.74, 6) is -0.303. The molecule has 21 heavy (non-hydrogen) atoms. The van der Waals surface area contributed by atoms with E-state index in [0.29, 0.717) is 5.92 Å².